The van der Waals surface area contributed by atoms with Gasteiger partial charge in [0.05, 0.1) is 12.2 Å². The van der Waals surface area contributed by atoms with Crippen molar-refractivity contribution in [2.75, 3.05) is 0 Å². The molecule has 0 aromatic rings. The van der Waals surface area contributed by atoms with E-state index in [2.05, 4.69) is 0 Å². The van der Waals surface area contributed by atoms with Gasteiger partial charge in [-0.15, -0.1) is 0 Å². The molecule has 96 valence electrons. The second-order valence-corrected chi connectivity index (χ2v) is 5.92. The van der Waals surface area contributed by atoms with Gasteiger partial charge in [0.25, 0.3) is 0 Å². The third-order valence-electron chi connectivity index (χ3n) is 2.81. The molecule has 0 saturated carbocycles. The third-order valence-corrected chi connectivity index (χ3v) is 2.81. The highest BCUT2D eigenvalue weighted by Gasteiger charge is 2.35. The number of carbonyl (C=O) groups is 1. The van der Waals surface area contributed by atoms with E-state index in [4.69, 9.17) is 4.74 Å². The minimum Gasteiger partial charge on any atom is -0.390 e. The van der Waals surface area contributed by atoms with Crippen LogP contribution in [0.2, 0.25) is 0 Å². The zero-order chi connectivity index (χ0) is 13.1. The van der Waals surface area contributed by atoms with Crippen LogP contribution in [0.15, 0.2) is 0 Å². The molecular formula is C13H26O3. The van der Waals surface area contributed by atoms with Crippen LogP contribution in [0, 0.1) is 5.41 Å². The van der Waals surface area contributed by atoms with Gasteiger partial charge in [0, 0.05) is 6.42 Å². The average molecular weight is 230 g/mol. The Bertz CT molecular complexity index is 238. The Morgan fingerprint density at radius 1 is 1.25 bits per heavy atom. The Hall–Kier alpha value is -0.410. The lowest BCUT2D eigenvalue weighted by Gasteiger charge is -2.35. The largest absolute Gasteiger partial charge is 0.390 e. The quantitative estimate of drug-likeness (QED) is 0.789. The Balaban J connectivity index is 4.56. The van der Waals surface area contributed by atoms with E-state index in [0.29, 0.717) is 6.42 Å². The van der Waals surface area contributed by atoms with Gasteiger partial charge in [-0.25, -0.2) is 0 Å². The normalized spacial score (nSPS) is 17.0. The summed E-state index contributed by atoms with van der Waals surface area (Å²) in [5.41, 5.74) is -1.06. The molecule has 0 fully saturated rings. The zero-order valence-electron chi connectivity index (χ0n) is 11.6. The van der Waals surface area contributed by atoms with Crippen molar-refractivity contribution in [3.63, 3.8) is 0 Å². The fourth-order valence-corrected chi connectivity index (χ4v) is 1.72. The van der Waals surface area contributed by atoms with Crippen molar-refractivity contribution in [1.29, 1.82) is 0 Å². The lowest BCUT2D eigenvalue weighted by atomic mass is 9.86. The lowest BCUT2D eigenvalue weighted by molar-refractivity contribution is -0.161. The van der Waals surface area contributed by atoms with Crippen molar-refractivity contribution in [3.05, 3.63) is 0 Å². The first kappa shape index (κ1) is 15.6. The standard InChI is InChI=1S/C13H26O3/c1-8-10(14)13(6,7)16-9(2)11(15)12(3,4)5/h9,11,15H,8H2,1-7H3. The number of carbonyl (C=O) groups excluding carboxylic acids is 1. The average Bonchev–Trinajstić information content (AvgIpc) is 2.12. The summed E-state index contributed by atoms with van der Waals surface area (Å²) in [6.07, 6.45) is -0.493. The molecule has 0 heterocycles. The maximum atomic E-state index is 11.6. The van der Waals surface area contributed by atoms with E-state index in [-0.39, 0.29) is 17.3 Å². The molecule has 0 aliphatic heterocycles. The van der Waals surface area contributed by atoms with Gasteiger partial charge in [0.15, 0.2) is 5.78 Å². The number of rotatable bonds is 5. The van der Waals surface area contributed by atoms with E-state index < -0.39 is 11.7 Å². The summed E-state index contributed by atoms with van der Waals surface area (Å²) in [5.74, 6) is 0.0560. The summed E-state index contributed by atoms with van der Waals surface area (Å²) in [7, 11) is 0. The number of Topliss-reactive ketones (excluding diaryl/α,β-unsaturated/α-hetero) is 1. The molecule has 0 aliphatic rings. The summed E-state index contributed by atoms with van der Waals surface area (Å²) < 4.78 is 5.68. The second kappa shape index (κ2) is 5.28. The Morgan fingerprint density at radius 3 is 2.00 bits per heavy atom. The summed E-state index contributed by atoms with van der Waals surface area (Å²) in [6, 6.07) is 0. The maximum absolute atomic E-state index is 11.6. The second-order valence-electron chi connectivity index (χ2n) is 5.92. The monoisotopic (exact) mass is 230 g/mol. The van der Waals surface area contributed by atoms with Crippen molar-refractivity contribution >= 4 is 5.78 Å². The molecule has 0 saturated heterocycles. The number of aliphatic hydroxyl groups is 1. The number of ketones is 1. The molecule has 0 spiro atoms. The van der Waals surface area contributed by atoms with E-state index in [1.165, 1.54) is 0 Å². The highest BCUT2D eigenvalue weighted by Crippen LogP contribution is 2.26. The minimum atomic E-state index is -0.819. The molecule has 0 aliphatic carbocycles. The van der Waals surface area contributed by atoms with Gasteiger partial charge >= 0.3 is 0 Å². The van der Waals surface area contributed by atoms with Crippen molar-refractivity contribution in [2.24, 2.45) is 5.41 Å². The van der Waals surface area contributed by atoms with Gasteiger partial charge in [-0.2, -0.15) is 0 Å². The van der Waals surface area contributed by atoms with Crippen molar-refractivity contribution < 1.29 is 14.6 Å². The predicted molar refractivity (Wildman–Crippen MR) is 65.4 cm³/mol. The van der Waals surface area contributed by atoms with Crippen LogP contribution in [0.3, 0.4) is 0 Å². The molecule has 2 atom stereocenters. The molecule has 0 bridgehead atoms. The summed E-state index contributed by atoms with van der Waals surface area (Å²) in [5, 5.41) is 10.0. The molecule has 16 heavy (non-hydrogen) atoms. The maximum Gasteiger partial charge on any atom is 0.163 e. The molecule has 0 radical (unpaired) electrons. The van der Waals surface area contributed by atoms with Gasteiger partial charge in [-0.1, -0.05) is 27.7 Å². The SMILES string of the molecule is CCC(=O)C(C)(C)OC(C)C(O)C(C)(C)C. The fourth-order valence-electron chi connectivity index (χ4n) is 1.72. The van der Waals surface area contributed by atoms with Crippen molar-refractivity contribution in [2.45, 2.75) is 72.7 Å². The van der Waals surface area contributed by atoms with Crippen LogP contribution in [0.25, 0.3) is 0 Å². The first-order valence-electron chi connectivity index (χ1n) is 5.91. The number of aliphatic hydroxyl groups excluding tert-OH is 1. The first-order valence-corrected chi connectivity index (χ1v) is 5.91. The Kier molecular flexibility index (Phi) is 5.15. The van der Waals surface area contributed by atoms with E-state index in [1.54, 1.807) is 20.8 Å². The summed E-state index contributed by atoms with van der Waals surface area (Å²) in [4.78, 5) is 11.6. The molecule has 0 aromatic heterocycles. The van der Waals surface area contributed by atoms with E-state index in [0.717, 1.165) is 0 Å². The fraction of sp³-hybridized carbons (Fsp3) is 0.923. The Labute approximate surface area is 99.2 Å². The molecule has 0 amide bonds. The minimum absolute atomic E-state index is 0.0560. The first-order chi connectivity index (χ1) is 7.02. The molecule has 2 unspecified atom stereocenters. The van der Waals surface area contributed by atoms with Crippen molar-refractivity contribution in [3.8, 4) is 0 Å². The molecule has 3 heteroatoms. The number of hydrogen-bond acceptors (Lipinski definition) is 3. The molecule has 3 nitrogen and oxygen atoms in total. The van der Waals surface area contributed by atoms with Gasteiger partial charge in [-0.3, -0.25) is 4.79 Å². The van der Waals surface area contributed by atoms with Crippen LogP contribution in [0.1, 0.15) is 54.9 Å². The summed E-state index contributed by atoms with van der Waals surface area (Å²) >= 11 is 0. The van der Waals surface area contributed by atoms with Gasteiger partial charge in [0.2, 0.25) is 0 Å². The van der Waals surface area contributed by atoms with Crippen LogP contribution in [-0.4, -0.2) is 28.7 Å². The lowest BCUT2D eigenvalue weighted by Crippen LogP contribution is -2.45. The topological polar surface area (TPSA) is 46.5 Å². The van der Waals surface area contributed by atoms with Gasteiger partial charge in [0.1, 0.15) is 5.60 Å². The van der Waals surface area contributed by atoms with Gasteiger partial charge < -0.3 is 9.84 Å². The zero-order valence-corrected chi connectivity index (χ0v) is 11.6. The predicted octanol–water partition coefficient (Wildman–Crippen LogP) is 2.56. The smallest absolute Gasteiger partial charge is 0.163 e. The van der Waals surface area contributed by atoms with E-state index in [1.807, 2.05) is 27.7 Å². The molecule has 0 rings (SSSR count). The molecule has 1 N–H and O–H groups in total. The van der Waals surface area contributed by atoms with Crippen LogP contribution in [0.4, 0.5) is 0 Å². The van der Waals surface area contributed by atoms with Crippen LogP contribution < -0.4 is 0 Å². The van der Waals surface area contributed by atoms with Gasteiger partial charge in [-0.05, 0) is 26.2 Å². The summed E-state index contributed by atoms with van der Waals surface area (Å²) in [6.45, 7) is 13.0. The van der Waals surface area contributed by atoms with Crippen LogP contribution >= 0.6 is 0 Å². The Morgan fingerprint density at radius 2 is 1.69 bits per heavy atom. The number of hydrogen-bond donors (Lipinski definition) is 1. The van der Waals surface area contributed by atoms with E-state index >= 15 is 0 Å². The van der Waals surface area contributed by atoms with E-state index in [9.17, 15) is 9.90 Å². The third kappa shape index (κ3) is 4.22. The highest BCUT2D eigenvalue weighted by atomic mass is 16.5. The molecular weight excluding hydrogens is 204 g/mol. The van der Waals surface area contributed by atoms with Crippen LogP contribution in [0.5, 0.6) is 0 Å². The highest BCUT2D eigenvalue weighted by molar-refractivity contribution is 5.86. The van der Waals surface area contributed by atoms with Crippen LogP contribution in [-0.2, 0) is 9.53 Å². The molecule has 0 aromatic carbocycles. The van der Waals surface area contributed by atoms with Crippen molar-refractivity contribution in [1.82, 2.24) is 0 Å². The number of ether oxygens (including phenoxy) is 1.